The van der Waals surface area contributed by atoms with E-state index in [1.807, 2.05) is 30.3 Å². The normalized spacial score (nSPS) is 19.5. The van der Waals surface area contributed by atoms with Crippen LogP contribution in [-0.4, -0.2) is 76.3 Å². The number of hydrogen-bond donors (Lipinski definition) is 3. The van der Waals surface area contributed by atoms with Gasteiger partial charge in [-0.05, 0) is 59.0 Å². The second kappa shape index (κ2) is 13.7. The Morgan fingerprint density at radius 3 is 2.69 bits per heavy atom. The number of methoxy groups -OCH3 is 1. The van der Waals surface area contributed by atoms with E-state index in [2.05, 4.69) is 36.2 Å². The number of H-pyrrole nitrogens is 1. The summed E-state index contributed by atoms with van der Waals surface area (Å²) in [6.07, 6.45) is 0.848. The zero-order valence-corrected chi connectivity index (χ0v) is 24.8. The van der Waals surface area contributed by atoms with Gasteiger partial charge in [-0.3, -0.25) is 14.5 Å². The van der Waals surface area contributed by atoms with Gasteiger partial charge in [0.15, 0.2) is 18.1 Å². The number of tetrazole rings is 1. The molecule has 0 spiro atoms. The van der Waals surface area contributed by atoms with E-state index in [0.29, 0.717) is 61.1 Å². The van der Waals surface area contributed by atoms with Crippen LogP contribution >= 0.6 is 0 Å². The molecule has 3 aromatic carbocycles. The maximum Gasteiger partial charge on any atom is 0.258 e. The standard InChI is InChI=1S/C32H34FN7O5/c1-43-28-8-4-20-5-9-30(41)34-16-22-12-24(33)15-25(13-22)45-27-10-11-40(18-26(27)35-31(42)19-44-29(28)14-20)17-21-2-6-23(7-3-21)32-36-38-39-37-32/h2-4,6-8,12-15,26-27H,5,9-11,16-19H2,1H3,(H,34,41)(H,35,42)(H,36,37,38,39)/t26-,27-/m1/s1. The van der Waals surface area contributed by atoms with Crippen molar-refractivity contribution in [3.05, 3.63) is 83.2 Å². The minimum Gasteiger partial charge on any atom is -0.493 e. The predicted molar refractivity (Wildman–Crippen MR) is 161 cm³/mol. The van der Waals surface area contributed by atoms with Crippen LogP contribution in [0, 0.1) is 5.82 Å². The Hall–Kier alpha value is -5.04. The van der Waals surface area contributed by atoms with Gasteiger partial charge in [0.1, 0.15) is 17.7 Å². The molecule has 3 heterocycles. The third-order valence-corrected chi connectivity index (χ3v) is 7.88. The Morgan fingerprint density at radius 2 is 1.89 bits per heavy atom. The molecule has 234 valence electrons. The van der Waals surface area contributed by atoms with Crippen LogP contribution in [0.25, 0.3) is 11.4 Å². The first-order chi connectivity index (χ1) is 21.9. The first-order valence-electron chi connectivity index (χ1n) is 14.8. The van der Waals surface area contributed by atoms with Crippen LogP contribution in [0.4, 0.5) is 4.39 Å². The summed E-state index contributed by atoms with van der Waals surface area (Å²) < 4.78 is 32.2. The minimum atomic E-state index is -0.465. The zero-order chi connectivity index (χ0) is 31.2. The Morgan fingerprint density at radius 1 is 1.02 bits per heavy atom. The van der Waals surface area contributed by atoms with Crippen LogP contribution in [-0.2, 0) is 29.1 Å². The first-order valence-corrected chi connectivity index (χ1v) is 14.8. The number of aromatic nitrogens is 4. The molecule has 3 N–H and O–H groups in total. The number of piperidine rings is 1. The van der Waals surface area contributed by atoms with E-state index in [1.165, 1.54) is 19.2 Å². The molecule has 1 fully saturated rings. The van der Waals surface area contributed by atoms with Crippen molar-refractivity contribution in [1.29, 1.82) is 0 Å². The van der Waals surface area contributed by atoms with Crippen molar-refractivity contribution in [2.45, 2.75) is 44.5 Å². The molecular weight excluding hydrogens is 581 g/mol. The monoisotopic (exact) mass is 615 g/mol. The molecular formula is C32H34FN7O5. The largest absolute Gasteiger partial charge is 0.493 e. The Balaban J connectivity index is 1.21. The highest BCUT2D eigenvalue weighted by molar-refractivity contribution is 5.78. The van der Waals surface area contributed by atoms with Gasteiger partial charge in [-0.15, -0.1) is 10.2 Å². The number of rotatable bonds is 4. The van der Waals surface area contributed by atoms with E-state index in [4.69, 9.17) is 14.2 Å². The lowest BCUT2D eigenvalue weighted by molar-refractivity contribution is -0.125. The highest BCUT2D eigenvalue weighted by Crippen LogP contribution is 2.29. The highest BCUT2D eigenvalue weighted by Gasteiger charge is 2.32. The molecule has 6 rings (SSSR count). The molecule has 0 aliphatic carbocycles. The number of amides is 2. The van der Waals surface area contributed by atoms with Crippen LogP contribution in [0.15, 0.2) is 60.7 Å². The molecule has 4 aromatic rings. The van der Waals surface area contributed by atoms with Crippen molar-refractivity contribution in [1.82, 2.24) is 36.2 Å². The van der Waals surface area contributed by atoms with Crippen molar-refractivity contribution in [3.63, 3.8) is 0 Å². The summed E-state index contributed by atoms with van der Waals surface area (Å²) in [5.41, 5.74) is 3.38. The molecule has 13 heteroatoms. The van der Waals surface area contributed by atoms with Gasteiger partial charge in [0.2, 0.25) is 11.7 Å². The maximum absolute atomic E-state index is 14.6. The topological polar surface area (TPSA) is 144 Å². The quantitative estimate of drug-likeness (QED) is 0.316. The second-order valence-corrected chi connectivity index (χ2v) is 11.1. The van der Waals surface area contributed by atoms with Crippen molar-refractivity contribution < 1.29 is 28.2 Å². The summed E-state index contributed by atoms with van der Waals surface area (Å²) in [5, 5.41) is 20.1. The highest BCUT2D eigenvalue weighted by atomic mass is 19.1. The van der Waals surface area contributed by atoms with E-state index in [9.17, 15) is 14.0 Å². The number of aryl methyl sites for hydroxylation is 1. The zero-order valence-electron chi connectivity index (χ0n) is 24.8. The van der Waals surface area contributed by atoms with Crippen LogP contribution in [0.3, 0.4) is 0 Å². The summed E-state index contributed by atoms with van der Waals surface area (Å²) in [7, 11) is 1.53. The molecule has 1 saturated heterocycles. The smallest absolute Gasteiger partial charge is 0.258 e. The second-order valence-electron chi connectivity index (χ2n) is 11.1. The summed E-state index contributed by atoms with van der Waals surface area (Å²) in [6, 6.07) is 17.3. The molecule has 2 aliphatic heterocycles. The average molecular weight is 616 g/mol. The number of aromatic amines is 1. The maximum atomic E-state index is 14.6. The first kappa shape index (κ1) is 30.0. The van der Waals surface area contributed by atoms with Crippen LogP contribution < -0.4 is 24.8 Å². The SMILES string of the molecule is COc1ccc2cc1OCC(=O)N[C@@H]1CN(Cc3ccc(-c4nn[nH]n4)cc3)CC[C@H]1Oc1cc(F)cc(c1)CNC(=O)CC2. The van der Waals surface area contributed by atoms with Gasteiger partial charge in [0.25, 0.3) is 5.91 Å². The molecule has 1 aromatic heterocycles. The van der Waals surface area contributed by atoms with Gasteiger partial charge in [0, 0.05) is 44.2 Å². The number of benzene rings is 3. The summed E-state index contributed by atoms with van der Waals surface area (Å²) in [6.45, 7) is 1.76. The van der Waals surface area contributed by atoms with Crippen molar-refractivity contribution in [2.75, 3.05) is 26.8 Å². The van der Waals surface area contributed by atoms with Crippen LogP contribution in [0.2, 0.25) is 0 Å². The predicted octanol–water partition coefficient (Wildman–Crippen LogP) is 2.79. The van der Waals surface area contributed by atoms with E-state index in [-0.39, 0.29) is 31.4 Å². The molecule has 0 radical (unpaired) electrons. The fourth-order valence-electron chi connectivity index (χ4n) is 5.62. The van der Waals surface area contributed by atoms with Gasteiger partial charge in [0.05, 0.1) is 13.2 Å². The van der Waals surface area contributed by atoms with E-state index in [1.54, 1.807) is 18.2 Å². The molecule has 45 heavy (non-hydrogen) atoms. The Bertz CT molecular complexity index is 1630. The summed E-state index contributed by atoms with van der Waals surface area (Å²) >= 11 is 0. The number of fused-ring (bicyclic) bond motifs is 5. The van der Waals surface area contributed by atoms with Gasteiger partial charge in [-0.25, -0.2) is 4.39 Å². The van der Waals surface area contributed by atoms with E-state index < -0.39 is 18.0 Å². The molecule has 2 amide bonds. The molecule has 2 atom stereocenters. The van der Waals surface area contributed by atoms with Crippen molar-refractivity contribution in [3.8, 4) is 28.6 Å². The fraction of sp³-hybridized carbons (Fsp3) is 0.344. The molecule has 4 bridgehead atoms. The van der Waals surface area contributed by atoms with Gasteiger partial charge < -0.3 is 24.8 Å². The number of carbonyl (C=O) groups excluding carboxylic acids is 2. The van der Waals surface area contributed by atoms with Crippen LogP contribution in [0.1, 0.15) is 29.5 Å². The Kier molecular flexibility index (Phi) is 9.15. The van der Waals surface area contributed by atoms with Gasteiger partial charge in [-0.2, -0.15) is 5.21 Å². The Labute approximate surface area is 259 Å². The van der Waals surface area contributed by atoms with Gasteiger partial charge in [-0.1, -0.05) is 30.3 Å². The minimum absolute atomic E-state index is 0.161. The number of halogens is 1. The van der Waals surface area contributed by atoms with Crippen LogP contribution in [0.5, 0.6) is 17.2 Å². The van der Waals surface area contributed by atoms with Gasteiger partial charge >= 0.3 is 0 Å². The number of hydrogen-bond acceptors (Lipinski definition) is 9. The van der Waals surface area contributed by atoms with E-state index >= 15 is 0 Å². The molecule has 12 nitrogen and oxygen atoms in total. The lowest BCUT2D eigenvalue weighted by atomic mass is 10.0. The number of nitrogens with one attached hydrogen (secondary N) is 3. The fourth-order valence-corrected chi connectivity index (χ4v) is 5.62. The summed E-state index contributed by atoms with van der Waals surface area (Å²) in [4.78, 5) is 28.0. The third-order valence-electron chi connectivity index (χ3n) is 7.88. The lowest BCUT2D eigenvalue weighted by Crippen LogP contribution is -2.57. The third kappa shape index (κ3) is 7.73. The number of ether oxygens (including phenoxy) is 3. The number of likely N-dealkylation sites (tertiary alicyclic amines) is 1. The molecule has 0 saturated carbocycles. The molecule has 2 aliphatic rings. The number of nitrogens with zero attached hydrogens (tertiary/aromatic N) is 4. The van der Waals surface area contributed by atoms with E-state index in [0.717, 1.165) is 16.7 Å². The average Bonchev–Trinajstić information content (AvgIpc) is 3.58. The van der Waals surface area contributed by atoms with Crippen molar-refractivity contribution in [2.24, 2.45) is 0 Å². The number of carbonyl (C=O) groups is 2. The van der Waals surface area contributed by atoms with Crippen molar-refractivity contribution >= 4 is 11.8 Å². The lowest BCUT2D eigenvalue weighted by Gasteiger charge is -2.39. The summed E-state index contributed by atoms with van der Waals surface area (Å²) in [5.74, 6) is 0.804. The molecule has 0 unspecified atom stereocenters.